The van der Waals surface area contributed by atoms with E-state index in [0.717, 1.165) is 62.1 Å². The Morgan fingerprint density at radius 1 is 1.02 bits per heavy atom. The Kier molecular flexibility index (Phi) is 9.17. The molecule has 3 aliphatic rings. The number of hydrogen-bond acceptors (Lipinski definition) is 5. The van der Waals surface area contributed by atoms with Crippen molar-refractivity contribution in [2.75, 3.05) is 39.8 Å². The average Bonchev–Trinajstić information content (AvgIpc) is 2.92. The summed E-state index contributed by atoms with van der Waals surface area (Å²) in [6, 6.07) is 14.5. The molecule has 4 atom stereocenters. The van der Waals surface area contributed by atoms with Crippen LogP contribution in [0.25, 0.3) is 11.1 Å². The summed E-state index contributed by atoms with van der Waals surface area (Å²) >= 11 is 0. The lowest BCUT2D eigenvalue weighted by Crippen LogP contribution is -2.56. The maximum Gasteiger partial charge on any atom is 0.179 e. The van der Waals surface area contributed by atoms with Crippen molar-refractivity contribution in [2.45, 2.75) is 58.2 Å². The van der Waals surface area contributed by atoms with E-state index in [1.54, 1.807) is 0 Å². The number of nitrogens with zero attached hydrogens (tertiary/aromatic N) is 2. The van der Waals surface area contributed by atoms with Crippen molar-refractivity contribution >= 4 is 5.78 Å². The fourth-order valence-electron chi connectivity index (χ4n) is 5.94. The number of aliphatic hydroxyl groups is 1. The van der Waals surface area contributed by atoms with Crippen LogP contribution < -0.4 is 5.32 Å². The van der Waals surface area contributed by atoms with Crippen LogP contribution >= 0.6 is 0 Å². The standard InChI is InChI=1S/C35H45N3O2/c1-24-5-6-26(3)17-27(10-7-24)18-32-22-33(36-32)35(40)31-20-29(28-11-8-25(2)9-12-28)19-30(21-31)34(39)23-38-15-13-37(4)14-16-38/h5,7-12,17,19-21,26,32-34,36,39H,6,13-16,18,22-23H2,1-4H3/b10-7-,24-5+,27-17+. The number of likely N-dealkylation sites (N-methyl/N-ethyl adjacent to an activating group) is 1. The van der Waals surface area contributed by atoms with Gasteiger partial charge >= 0.3 is 0 Å². The number of Topliss-reactive ketones (excluding diaryl/α,β-unsaturated/α-hetero) is 1. The van der Waals surface area contributed by atoms with Crippen LogP contribution in [0.5, 0.6) is 0 Å². The first-order valence-electron chi connectivity index (χ1n) is 14.9. The van der Waals surface area contributed by atoms with Crippen LogP contribution in [0.1, 0.15) is 60.7 Å². The molecule has 40 heavy (non-hydrogen) atoms. The summed E-state index contributed by atoms with van der Waals surface area (Å²) < 4.78 is 0. The summed E-state index contributed by atoms with van der Waals surface area (Å²) in [5, 5.41) is 14.8. The molecule has 2 heterocycles. The van der Waals surface area contributed by atoms with Crippen molar-refractivity contribution in [1.29, 1.82) is 0 Å². The Bertz CT molecular complexity index is 1280. The first-order chi connectivity index (χ1) is 19.2. The van der Waals surface area contributed by atoms with Crippen molar-refractivity contribution in [3.05, 3.63) is 94.6 Å². The van der Waals surface area contributed by atoms with E-state index in [1.807, 2.05) is 12.1 Å². The lowest BCUT2D eigenvalue weighted by molar-refractivity contribution is 0.0802. The van der Waals surface area contributed by atoms with Gasteiger partial charge in [-0.05, 0) is 81.0 Å². The summed E-state index contributed by atoms with van der Waals surface area (Å²) in [5.74, 6) is 0.639. The number of allylic oxidation sites excluding steroid dienone is 5. The van der Waals surface area contributed by atoms with E-state index >= 15 is 0 Å². The summed E-state index contributed by atoms with van der Waals surface area (Å²) in [4.78, 5) is 18.3. The third-order valence-electron chi connectivity index (χ3n) is 8.66. The molecule has 2 N–H and O–H groups in total. The van der Waals surface area contributed by atoms with Crippen LogP contribution in [0.4, 0.5) is 0 Å². The number of nitrogens with one attached hydrogen (secondary N) is 1. The maximum absolute atomic E-state index is 13.7. The fraction of sp³-hybridized carbons (Fsp3) is 0.457. The SMILES string of the molecule is CC1=C\CC(C)\C=C(CC2CC(C(=O)c3cc(-c4ccc(C)cc4)cc(C(O)CN4CCN(C)CC4)c3)N2)/C=C\1. The monoisotopic (exact) mass is 539 g/mol. The predicted molar refractivity (Wildman–Crippen MR) is 165 cm³/mol. The molecule has 5 nitrogen and oxygen atoms in total. The molecule has 0 bridgehead atoms. The highest BCUT2D eigenvalue weighted by molar-refractivity contribution is 6.02. The van der Waals surface area contributed by atoms with Gasteiger partial charge < -0.3 is 15.3 Å². The van der Waals surface area contributed by atoms with Gasteiger partial charge in [-0.1, -0.05) is 72.2 Å². The molecule has 2 aliphatic heterocycles. The zero-order valence-electron chi connectivity index (χ0n) is 24.6. The molecule has 4 unspecified atom stereocenters. The number of β-amino-alcohol motifs (C(OH)–C–C–N with tert-alkyl or cyclic N) is 1. The van der Waals surface area contributed by atoms with E-state index in [-0.39, 0.29) is 11.8 Å². The molecule has 5 heteroatoms. The van der Waals surface area contributed by atoms with Gasteiger partial charge in [-0.2, -0.15) is 0 Å². The second-order valence-electron chi connectivity index (χ2n) is 12.3. The molecule has 2 aromatic carbocycles. The van der Waals surface area contributed by atoms with Crippen molar-refractivity contribution in [3.8, 4) is 11.1 Å². The van der Waals surface area contributed by atoms with Gasteiger partial charge in [0.1, 0.15) is 0 Å². The quantitative estimate of drug-likeness (QED) is 0.421. The van der Waals surface area contributed by atoms with E-state index < -0.39 is 6.10 Å². The number of aliphatic hydroxyl groups excluding tert-OH is 1. The summed E-state index contributed by atoms with van der Waals surface area (Å²) in [5.41, 5.74) is 7.40. The normalized spacial score (nSPS) is 28.3. The number of rotatable bonds is 8. The van der Waals surface area contributed by atoms with Crippen molar-refractivity contribution < 1.29 is 9.90 Å². The fourth-order valence-corrected chi connectivity index (χ4v) is 5.94. The third kappa shape index (κ3) is 7.27. The predicted octanol–water partition coefficient (Wildman–Crippen LogP) is 5.71. The van der Waals surface area contributed by atoms with E-state index in [4.69, 9.17) is 0 Å². The van der Waals surface area contributed by atoms with E-state index in [1.165, 1.54) is 16.7 Å². The summed E-state index contributed by atoms with van der Waals surface area (Å²) in [7, 11) is 2.14. The first kappa shape index (κ1) is 28.7. The minimum atomic E-state index is -0.639. The average molecular weight is 540 g/mol. The van der Waals surface area contributed by atoms with E-state index in [0.29, 0.717) is 24.1 Å². The Balaban J connectivity index is 1.30. The van der Waals surface area contributed by atoms with Gasteiger partial charge in [-0.3, -0.25) is 9.69 Å². The number of aryl methyl sites for hydroxylation is 1. The van der Waals surface area contributed by atoms with Gasteiger partial charge in [0.25, 0.3) is 0 Å². The lowest BCUT2D eigenvalue weighted by atomic mass is 9.84. The van der Waals surface area contributed by atoms with Gasteiger partial charge in [0.15, 0.2) is 5.78 Å². The molecular formula is C35H45N3O2. The molecule has 5 rings (SSSR count). The van der Waals surface area contributed by atoms with Crippen molar-refractivity contribution in [2.24, 2.45) is 5.92 Å². The van der Waals surface area contributed by atoms with Crippen LogP contribution in [0, 0.1) is 12.8 Å². The summed E-state index contributed by atoms with van der Waals surface area (Å²) in [6.45, 7) is 11.0. The highest BCUT2D eigenvalue weighted by atomic mass is 16.3. The number of ketones is 1. The van der Waals surface area contributed by atoms with Gasteiger partial charge in [0.2, 0.25) is 0 Å². The van der Waals surface area contributed by atoms with Gasteiger partial charge in [-0.15, -0.1) is 0 Å². The second-order valence-corrected chi connectivity index (χ2v) is 12.3. The molecule has 2 saturated heterocycles. The number of hydrogen-bond donors (Lipinski definition) is 2. The molecule has 0 radical (unpaired) electrons. The zero-order valence-corrected chi connectivity index (χ0v) is 24.6. The number of carbonyl (C=O) groups is 1. The maximum atomic E-state index is 13.7. The van der Waals surface area contributed by atoms with Crippen LogP contribution in [-0.4, -0.2) is 72.5 Å². The molecule has 2 aromatic rings. The third-order valence-corrected chi connectivity index (χ3v) is 8.66. The zero-order chi connectivity index (χ0) is 28.2. The van der Waals surface area contributed by atoms with E-state index in [2.05, 4.69) is 97.6 Å². The minimum Gasteiger partial charge on any atom is -0.387 e. The minimum absolute atomic E-state index is 0.118. The molecule has 0 aromatic heterocycles. The first-order valence-corrected chi connectivity index (χ1v) is 14.9. The smallest absolute Gasteiger partial charge is 0.179 e. The Morgan fingerprint density at radius 3 is 2.48 bits per heavy atom. The van der Waals surface area contributed by atoms with Crippen molar-refractivity contribution in [1.82, 2.24) is 15.1 Å². The lowest BCUT2D eigenvalue weighted by Gasteiger charge is -2.37. The van der Waals surface area contributed by atoms with Crippen LogP contribution in [0.2, 0.25) is 0 Å². The Labute approximate surface area is 240 Å². The van der Waals surface area contributed by atoms with Crippen LogP contribution in [-0.2, 0) is 0 Å². The highest BCUT2D eigenvalue weighted by Crippen LogP contribution is 2.30. The number of benzene rings is 2. The van der Waals surface area contributed by atoms with Crippen LogP contribution in [0.15, 0.2) is 77.9 Å². The largest absolute Gasteiger partial charge is 0.387 e. The second kappa shape index (κ2) is 12.8. The highest BCUT2D eigenvalue weighted by Gasteiger charge is 2.34. The van der Waals surface area contributed by atoms with Gasteiger partial charge in [0.05, 0.1) is 12.1 Å². The molecule has 212 valence electrons. The van der Waals surface area contributed by atoms with Crippen molar-refractivity contribution in [3.63, 3.8) is 0 Å². The molecule has 0 spiro atoms. The molecule has 1 aliphatic carbocycles. The molecule has 2 fully saturated rings. The van der Waals surface area contributed by atoms with Gasteiger partial charge in [0, 0.05) is 44.3 Å². The topological polar surface area (TPSA) is 55.8 Å². The Hall–Kier alpha value is -2.83. The van der Waals surface area contributed by atoms with E-state index in [9.17, 15) is 9.90 Å². The Morgan fingerprint density at radius 2 is 1.75 bits per heavy atom. The van der Waals surface area contributed by atoms with Crippen LogP contribution in [0.3, 0.4) is 0 Å². The molecule has 0 amide bonds. The molecular weight excluding hydrogens is 494 g/mol. The number of piperazine rings is 1. The number of carbonyl (C=O) groups excluding carboxylic acids is 1. The molecule has 0 saturated carbocycles. The van der Waals surface area contributed by atoms with Gasteiger partial charge in [-0.25, -0.2) is 0 Å². The summed E-state index contributed by atoms with van der Waals surface area (Å²) in [6.07, 6.45) is 11.3.